The van der Waals surface area contributed by atoms with Crippen molar-refractivity contribution in [1.29, 1.82) is 0 Å². The summed E-state index contributed by atoms with van der Waals surface area (Å²) >= 11 is 0. The molecule has 0 bridgehead atoms. The standard InChI is InChI=1S/C20H22N2O5/c23-20(24)9-15-13-26-18-10-19(21-11-17(15)18)27-12-14-2-1-3-16(8-14)22-4-6-25-7-5-22/h1-3,8,10-11,15H,4-7,9,12-13H2,(H,23,24)/t15-/m1/s1. The lowest BCUT2D eigenvalue weighted by atomic mass is 10.00. The van der Waals surface area contributed by atoms with Crippen LogP contribution in [0, 0.1) is 0 Å². The van der Waals surface area contributed by atoms with E-state index in [0.717, 1.165) is 37.4 Å². The van der Waals surface area contributed by atoms with Crippen molar-refractivity contribution in [3.8, 4) is 11.6 Å². The molecule has 7 heteroatoms. The number of carboxylic acid groups (broad SMARTS) is 1. The number of carbonyl (C=O) groups is 1. The van der Waals surface area contributed by atoms with Gasteiger partial charge in [-0.15, -0.1) is 0 Å². The summed E-state index contributed by atoms with van der Waals surface area (Å²) in [7, 11) is 0. The van der Waals surface area contributed by atoms with E-state index in [1.165, 1.54) is 5.69 Å². The summed E-state index contributed by atoms with van der Waals surface area (Å²) in [5.74, 6) is 0.149. The maximum atomic E-state index is 10.9. The minimum Gasteiger partial charge on any atom is -0.492 e. The Morgan fingerprint density at radius 1 is 1.30 bits per heavy atom. The Balaban J connectivity index is 1.40. The molecule has 0 unspecified atom stereocenters. The largest absolute Gasteiger partial charge is 0.492 e. The molecular weight excluding hydrogens is 348 g/mol. The van der Waals surface area contributed by atoms with Gasteiger partial charge in [-0.25, -0.2) is 4.98 Å². The molecule has 0 saturated carbocycles. The van der Waals surface area contributed by atoms with Crippen LogP contribution in [0.3, 0.4) is 0 Å². The summed E-state index contributed by atoms with van der Waals surface area (Å²) in [6.07, 6.45) is 1.71. The number of rotatable bonds is 6. The highest BCUT2D eigenvalue weighted by molar-refractivity contribution is 5.68. The van der Waals surface area contributed by atoms with Crippen LogP contribution in [0.4, 0.5) is 5.69 Å². The molecule has 2 aliphatic rings. The smallest absolute Gasteiger partial charge is 0.304 e. The second-order valence-corrected chi connectivity index (χ2v) is 6.72. The van der Waals surface area contributed by atoms with E-state index in [2.05, 4.69) is 22.0 Å². The lowest BCUT2D eigenvalue weighted by Crippen LogP contribution is -2.36. The van der Waals surface area contributed by atoms with Gasteiger partial charge in [0, 0.05) is 42.5 Å². The van der Waals surface area contributed by atoms with E-state index in [1.807, 2.05) is 12.1 Å². The van der Waals surface area contributed by atoms with Crippen molar-refractivity contribution in [2.75, 3.05) is 37.8 Å². The predicted octanol–water partition coefficient (Wildman–Crippen LogP) is 2.45. The van der Waals surface area contributed by atoms with Crippen LogP contribution in [0.15, 0.2) is 36.5 Å². The first-order valence-electron chi connectivity index (χ1n) is 9.08. The number of carboxylic acids is 1. The fraction of sp³-hybridized carbons (Fsp3) is 0.400. The SMILES string of the molecule is O=C(O)C[C@@H]1COc2cc(OCc3cccc(N4CCOCC4)c3)ncc21. The van der Waals surface area contributed by atoms with Gasteiger partial charge in [-0.2, -0.15) is 0 Å². The molecule has 1 aromatic carbocycles. The van der Waals surface area contributed by atoms with Gasteiger partial charge in [-0.1, -0.05) is 12.1 Å². The zero-order valence-electron chi connectivity index (χ0n) is 15.0. The summed E-state index contributed by atoms with van der Waals surface area (Å²) in [5.41, 5.74) is 3.06. The van der Waals surface area contributed by atoms with E-state index in [1.54, 1.807) is 12.3 Å². The summed E-state index contributed by atoms with van der Waals surface area (Å²) in [5, 5.41) is 8.97. The Labute approximate surface area is 157 Å². The van der Waals surface area contributed by atoms with Crippen molar-refractivity contribution in [3.63, 3.8) is 0 Å². The monoisotopic (exact) mass is 370 g/mol. The Morgan fingerprint density at radius 2 is 2.15 bits per heavy atom. The Kier molecular flexibility index (Phi) is 5.11. The van der Waals surface area contributed by atoms with Crippen molar-refractivity contribution in [2.24, 2.45) is 0 Å². The number of nitrogens with zero attached hydrogens (tertiary/aromatic N) is 2. The van der Waals surface area contributed by atoms with Crippen LogP contribution in [0.1, 0.15) is 23.5 Å². The fourth-order valence-electron chi connectivity index (χ4n) is 3.42. The van der Waals surface area contributed by atoms with Gasteiger partial charge in [0.1, 0.15) is 12.4 Å². The van der Waals surface area contributed by atoms with E-state index in [9.17, 15) is 4.79 Å². The van der Waals surface area contributed by atoms with Crippen LogP contribution in [0.25, 0.3) is 0 Å². The molecule has 3 heterocycles. The van der Waals surface area contributed by atoms with E-state index < -0.39 is 5.97 Å². The molecule has 1 aromatic heterocycles. The number of aliphatic carboxylic acids is 1. The van der Waals surface area contributed by atoms with Gasteiger partial charge in [-0.05, 0) is 17.7 Å². The highest BCUT2D eigenvalue weighted by Crippen LogP contribution is 2.37. The summed E-state index contributed by atoms with van der Waals surface area (Å²) in [6.45, 7) is 4.07. The number of hydrogen-bond acceptors (Lipinski definition) is 6. The molecule has 1 atom stereocenters. The van der Waals surface area contributed by atoms with Crippen molar-refractivity contribution >= 4 is 11.7 Å². The van der Waals surface area contributed by atoms with Crippen LogP contribution >= 0.6 is 0 Å². The van der Waals surface area contributed by atoms with Crippen LogP contribution < -0.4 is 14.4 Å². The average molecular weight is 370 g/mol. The van der Waals surface area contributed by atoms with Gasteiger partial charge in [-0.3, -0.25) is 4.79 Å². The molecule has 0 amide bonds. The Morgan fingerprint density at radius 3 is 2.96 bits per heavy atom. The second kappa shape index (κ2) is 7.84. The minimum absolute atomic E-state index is 0.0449. The zero-order valence-corrected chi connectivity index (χ0v) is 15.0. The van der Waals surface area contributed by atoms with Gasteiger partial charge >= 0.3 is 5.97 Å². The zero-order chi connectivity index (χ0) is 18.6. The number of pyridine rings is 1. The number of hydrogen-bond donors (Lipinski definition) is 1. The molecule has 2 aliphatic heterocycles. The van der Waals surface area contributed by atoms with Crippen LogP contribution in [0.2, 0.25) is 0 Å². The third-order valence-corrected chi connectivity index (χ3v) is 4.84. The Hall–Kier alpha value is -2.80. The number of anilines is 1. The molecule has 142 valence electrons. The number of aromatic nitrogens is 1. The topological polar surface area (TPSA) is 81.1 Å². The molecule has 1 N–H and O–H groups in total. The summed E-state index contributed by atoms with van der Waals surface area (Å²) < 4.78 is 16.8. The third-order valence-electron chi connectivity index (χ3n) is 4.84. The molecule has 4 rings (SSSR count). The first-order valence-corrected chi connectivity index (χ1v) is 9.08. The van der Waals surface area contributed by atoms with Crippen LogP contribution in [-0.4, -0.2) is 49.0 Å². The maximum Gasteiger partial charge on any atom is 0.304 e. The normalized spacial score (nSPS) is 18.7. The van der Waals surface area contributed by atoms with Crippen LogP contribution in [-0.2, 0) is 16.1 Å². The molecule has 0 spiro atoms. The quantitative estimate of drug-likeness (QED) is 0.836. The molecule has 2 aromatic rings. The molecule has 1 fully saturated rings. The van der Waals surface area contributed by atoms with Crippen molar-refractivity contribution in [1.82, 2.24) is 4.98 Å². The lowest BCUT2D eigenvalue weighted by Gasteiger charge is -2.29. The first-order chi connectivity index (χ1) is 13.2. The molecule has 1 saturated heterocycles. The van der Waals surface area contributed by atoms with E-state index in [4.69, 9.17) is 19.3 Å². The van der Waals surface area contributed by atoms with Gasteiger partial charge in [0.2, 0.25) is 5.88 Å². The van der Waals surface area contributed by atoms with E-state index in [0.29, 0.717) is 24.8 Å². The van der Waals surface area contributed by atoms with Gasteiger partial charge in [0.15, 0.2) is 0 Å². The van der Waals surface area contributed by atoms with Gasteiger partial charge < -0.3 is 24.2 Å². The van der Waals surface area contributed by atoms with Crippen molar-refractivity contribution in [2.45, 2.75) is 18.9 Å². The molecule has 0 aliphatic carbocycles. The fourth-order valence-corrected chi connectivity index (χ4v) is 3.42. The number of benzene rings is 1. The number of ether oxygens (including phenoxy) is 3. The third kappa shape index (κ3) is 4.14. The second-order valence-electron chi connectivity index (χ2n) is 6.72. The van der Waals surface area contributed by atoms with Crippen molar-refractivity contribution in [3.05, 3.63) is 47.7 Å². The molecule has 27 heavy (non-hydrogen) atoms. The lowest BCUT2D eigenvalue weighted by molar-refractivity contribution is -0.137. The Bertz CT molecular complexity index is 820. The summed E-state index contributed by atoms with van der Waals surface area (Å²) in [4.78, 5) is 17.5. The highest BCUT2D eigenvalue weighted by atomic mass is 16.5. The highest BCUT2D eigenvalue weighted by Gasteiger charge is 2.27. The molecule has 7 nitrogen and oxygen atoms in total. The molecular formula is C20H22N2O5. The summed E-state index contributed by atoms with van der Waals surface area (Å²) in [6, 6.07) is 10.0. The van der Waals surface area contributed by atoms with E-state index >= 15 is 0 Å². The first kappa shape index (κ1) is 17.6. The van der Waals surface area contributed by atoms with E-state index in [-0.39, 0.29) is 12.3 Å². The number of fused-ring (bicyclic) bond motifs is 1. The molecule has 0 radical (unpaired) electrons. The van der Waals surface area contributed by atoms with Gasteiger partial charge in [0.05, 0.1) is 26.2 Å². The predicted molar refractivity (Wildman–Crippen MR) is 98.5 cm³/mol. The maximum absolute atomic E-state index is 10.9. The minimum atomic E-state index is -0.836. The van der Waals surface area contributed by atoms with Crippen LogP contribution in [0.5, 0.6) is 11.6 Å². The average Bonchev–Trinajstić information content (AvgIpc) is 3.09. The number of morpholine rings is 1. The van der Waals surface area contributed by atoms with Gasteiger partial charge in [0.25, 0.3) is 0 Å². The van der Waals surface area contributed by atoms with Crippen molar-refractivity contribution < 1.29 is 24.1 Å².